The van der Waals surface area contributed by atoms with Crippen molar-refractivity contribution < 1.29 is 0 Å². The van der Waals surface area contributed by atoms with E-state index in [1.165, 1.54) is 6.42 Å². The quantitative estimate of drug-likeness (QED) is 0.790. The van der Waals surface area contributed by atoms with Crippen molar-refractivity contribution in [2.75, 3.05) is 19.6 Å². The van der Waals surface area contributed by atoms with Crippen molar-refractivity contribution in [1.82, 2.24) is 15.3 Å². The molecular formula is C10H17ClN4. The van der Waals surface area contributed by atoms with Gasteiger partial charge in [-0.1, -0.05) is 0 Å². The standard InChI is InChI=1S/C10H16N4.ClH/c11-4-1-10-13-6-3-9(14-10)8-2-5-12-7-8;/h3,6,8,12H,1-2,4-5,7,11H2;1H. The molecule has 3 N–H and O–H groups in total. The SMILES string of the molecule is Cl.NCCc1nccc(C2CCNC2)n1. The van der Waals surface area contributed by atoms with Crippen LogP contribution in [-0.4, -0.2) is 29.6 Å². The third kappa shape index (κ3) is 3.12. The smallest absolute Gasteiger partial charge is 0.129 e. The van der Waals surface area contributed by atoms with Gasteiger partial charge in [0.25, 0.3) is 0 Å². The highest BCUT2D eigenvalue weighted by molar-refractivity contribution is 5.85. The number of aromatic nitrogens is 2. The molecule has 1 aromatic heterocycles. The van der Waals surface area contributed by atoms with E-state index in [0.717, 1.165) is 31.0 Å². The van der Waals surface area contributed by atoms with Gasteiger partial charge in [-0.05, 0) is 25.6 Å². The molecular weight excluding hydrogens is 212 g/mol. The summed E-state index contributed by atoms with van der Waals surface area (Å²) in [6.07, 6.45) is 3.79. The molecule has 0 bridgehead atoms. The lowest BCUT2D eigenvalue weighted by Gasteiger charge is -2.08. The van der Waals surface area contributed by atoms with Crippen LogP contribution in [-0.2, 0) is 6.42 Å². The average molecular weight is 229 g/mol. The monoisotopic (exact) mass is 228 g/mol. The van der Waals surface area contributed by atoms with Crippen molar-refractivity contribution in [3.63, 3.8) is 0 Å². The number of hydrogen-bond acceptors (Lipinski definition) is 4. The van der Waals surface area contributed by atoms with E-state index in [9.17, 15) is 0 Å². The van der Waals surface area contributed by atoms with E-state index < -0.39 is 0 Å². The Morgan fingerprint density at radius 3 is 3.07 bits per heavy atom. The van der Waals surface area contributed by atoms with Crippen molar-refractivity contribution in [3.05, 3.63) is 23.8 Å². The van der Waals surface area contributed by atoms with Crippen LogP contribution >= 0.6 is 12.4 Å². The number of nitrogens with zero attached hydrogens (tertiary/aromatic N) is 2. The Hall–Kier alpha value is -0.710. The largest absolute Gasteiger partial charge is 0.330 e. The zero-order valence-electron chi connectivity index (χ0n) is 8.65. The average Bonchev–Trinajstić information content (AvgIpc) is 2.71. The van der Waals surface area contributed by atoms with Crippen LogP contribution in [0, 0.1) is 0 Å². The first kappa shape index (κ1) is 12.4. The Kier molecular flexibility index (Phi) is 4.94. The lowest BCUT2D eigenvalue weighted by atomic mass is 10.1. The lowest BCUT2D eigenvalue weighted by molar-refractivity contribution is 0.714. The molecule has 4 nitrogen and oxygen atoms in total. The fourth-order valence-electron chi connectivity index (χ4n) is 1.80. The molecule has 2 rings (SSSR count). The van der Waals surface area contributed by atoms with E-state index in [4.69, 9.17) is 5.73 Å². The number of nitrogens with two attached hydrogens (primary N) is 1. The Balaban J connectivity index is 0.00000112. The van der Waals surface area contributed by atoms with E-state index in [1.54, 1.807) is 0 Å². The second-order valence-electron chi connectivity index (χ2n) is 3.63. The first-order chi connectivity index (χ1) is 6.90. The summed E-state index contributed by atoms with van der Waals surface area (Å²) in [5, 5.41) is 3.34. The number of rotatable bonds is 3. The maximum absolute atomic E-state index is 5.47. The summed E-state index contributed by atoms with van der Waals surface area (Å²) < 4.78 is 0. The van der Waals surface area contributed by atoms with E-state index in [-0.39, 0.29) is 12.4 Å². The highest BCUT2D eigenvalue weighted by Crippen LogP contribution is 2.19. The molecule has 5 heteroatoms. The zero-order valence-corrected chi connectivity index (χ0v) is 9.46. The van der Waals surface area contributed by atoms with Crippen molar-refractivity contribution in [1.29, 1.82) is 0 Å². The molecule has 0 spiro atoms. The molecule has 1 aliphatic heterocycles. The second-order valence-corrected chi connectivity index (χ2v) is 3.63. The molecule has 1 fully saturated rings. The summed E-state index contributed by atoms with van der Waals surface area (Å²) in [5.41, 5.74) is 6.63. The molecule has 15 heavy (non-hydrogen) atoms. The first-order valence-corrected chi connectivity index (χ1v) is 5.13. The number of halogens is 1. The molecule has 2 heterocycles. The number of nitrogens with one attached hydrogen (secondary N) is 1. The first-order valence-electron chi connectivity index (χ1n) is 5.13. The normalized spacial score (nSPS) is 19.9. The van der Waals surface area contributed by atoms with Gasteiger partial charge in [0.2, 0.25) is 0 Å². The highest BCUT2D eigenvalue weighted by atomic mass is 35.5. The predicted octanol–water partition coefficient (Wildman–Crippen LogP) is 0.476. The van der Waals surface area contributed by atoms with Crippen LogP contribution in [0.1, 0.15) is 23.9 Å². The summed E-state index contributed by atoms with van der Waals surface area (Å²) in [4.78, 5) is 8.70. The predicted molar refractivity (Wildman–Crippen MR) is 62.3 cm³/mol. The highest BCUT2D eigenvalue weighted by Gasteiger charge is 2.17. The molecule has 1 unspecified atom stereocenters. The van der Waals surface area contributed by atoms with E-state index in [1.807, 2.05) is 12.3 Å². The van der Waals surface area contributed by atoms with Gasteiger partial charge in [0.1, 0.15) is 5.82 Å². The van der Waals surface area contributed by atoms with Gasteiger partial charge in [0, 0.05) is 30.8 Å². The van der Waals surface area contributed by atoms with E-state index >= 15 is 0 Å². The summed E-state index contributed by atoms with van der Waals surface area (Å²) >= 11 is 0. The van der Waals surface area contributed by atoms with Gasteiger partial charge in [-0.2, -0.15) is 0 Å². The van der Waals surface area contributed by atoms with Crippen LogP contribution in [0.3, 0.4) is 0 Å². The molecule has 0 aliphatic carbocycles. The van der Waals surface area contributed by atoms with Crippen molar-refractivity contribution in [3.8, 4) is 0 Å². The van der Waals surface area contributed by atoms with Crippen LogP contribution in [0.25, 0.3) is 0 Å². The third-order valence-corrected chi connectivity index (χ3v) is 2.57. The second kappa shape index (κ2) is 6.00. The van der Waals surface area contributed by atoms with Crippen LogP contribution in [0.4, 0.5) is 0 Å². The topological polar surface area (TPSA) is 63.8 Å². The Bertz CT molecular complexity index is 299. The fourth-order valence-corrected chi connectivity index (χ4v) is 1.80. The minimum atomic E-state index is 0. The lowest BCUT2D eigenvalue weighted by Crippen LogP contribution is -2.11. The van der Waals surface area contributed by atoms with Crippen LogP contribution < -0.4 is 11.1 Å². The molecule has 0 saturated carbocycles. The fraction of sp³-hybridized carbons (Fsp3) is 0.600. The van der Waals surface area contributed by atoms with Gasteiger partial charge in [-0.25, -0.2) is 9.97 Å². The van der Waals surface area contributed by atoms with Gasteiger partial charge >= 0.3 is 0 Å². The number of hydrogen-bond donors (Lipinski definition) is 2. The Labute approximate surface area is 96.1 Å². The molecule has 1 aliphatic rings. The molecule has 1 atom stereocenters. The van der Waals surface area contributed by atoms with Gasteiger partial charge in [0.05, 0.1) is 0 Å². The van der Waals surface area contributed by atoms with Gasteiger partial charge in [-0.15, -0.1) is 12.4 Å². The maximum Gasteiger partial charge on any atom is 0.129 e. The van der Waals surface area contributed by atoms with E-state index in [0.29, 0.717) is 12.5 Å². The summed E-state index contributed by atoms with van der Waals surface area (Å²) in [6.45, 7) is 2.76. The molecule has 1 aromatic rings. The molecule has 0 aromatic carbocycles. The molecule has 0 amide bonds. The van der Waals surface area contributed by atoms with Crippen LogP contribution in [0.2, 0.25) is 0 Å². The summed E-state index contributed by atoms with van der Waals surface area (Å²) in [5.74, 6) is 1.44. The Morgan fingerprint density at radius 2 is 2.40 bits per heavy atom. The molecule has 0 radical (unpaired) electrons. The Morgan fingerprint density at radius 1 is 1.53 bits per heavy atom. The zero-order chi connectivity index (χ0) is 9.80. The maximum atomic E-state index is 5.47. The molecule has 1 saturated heterocycles. The summed E-state index contributed by atoms with van der Waals surface area (Å²) in [6, 6.07) is 2.01. The van der Waals surface area contributed by atoms with Gasteiger partial charge in [0.15, 0.2) is 0 Å². The van der Waals surface area contributed by atoms with Crippen molar-refractivity contribution in [2.45, 2.75) is 18.8 Å². The van der Waals surface area contributed by atoms with Gasteiger partial charge < -0.3 is 11.1 Å². The minimum Gasteiger partial charge on any atom is -0.330 e. The van der Waals surface area contributed by atoms with Crippen molar-refractivity contribution in [2.24, 2.45) is 5.73 Å². The van der Waals surface area contributed by atoms with Crippen LogP contribution in [0.15, 0.2) is 12.3 Å². The van der Waals surface area contributed by atoms with Crippen LogP contribution in [0.5, 0.6) is 0 Å². The minimum absolute atomic E-state index is 0. The third-order valence-electron chi connectivity index (χ3n) is 2.57. The van der Waals surface area contributed by atoms with Crippen molar-refractivity contribution >= 4 is 12.4 Å². The molecule has 84 valence electrons. The van der Waals surface area contributed by atoms with E-state index in [2.05, 4.69) is 15.3 Å². The van der Waals surface area contributed by atoms with Gasteiger partial charge in [-0.3, -0.25) is 0 Å². The summed E-state index contributed by atoms with van der Waals surface area (Å²) in [7, 11) is 0.